The van der Waals surface area contributed by atoms with Crippen LogP contribution in [0.5, 0.6) is 0 Å². The van der Waals surface area contributed by atoms with Crippen LogP contribution >= 0.6 is 0 Å². The van der Waals surface area contributed by atoms with Crippen LogP contribution in [0.2, 0.25) is 0 Å². The van der Waals surface area contributed by atoms with Crippen molar-refractivity contribution in [1.82, 2.24) is 10.2 Å². The van der Waals surface area contributed by atoms with Gasteiger partial charge in [-0.2, -0.15) is 0 Å². The highest BCUT2D eigenvalue weighted by atomic mass is 15.0. The Hall–Kier alpha value is -0.0800. The second kappa shape index (κ2) is 10.8. The van der Waals surface area contributed by atoms with E-state index in [0.29, 0.717) is 0 Å². The average molecular weight is 132 g/mol. The first-order valence-electron chi connectivity index (χ1n) is 3.46. The molecule has 1 N–H and O–H groups in total. The van der Waals surface area contributed by atoms with Gasteiger partial charge in [-0.3, -0.25) is 0 Å². The minimum absolute atomic E-state index is 1.09. The highest BCUT2D eigenvalue weighted by molar-refractivity contribution is 4.27. The van der Waals surface area contributed by atoms with Crippen LogP contribution in [-0.2, 0) is 0 Å². The summed E-state index contributed by atoms with van der Waals surface area (Å²) < 4.78 is 0. The Bertz CT molecular complexity index is 31.1. The third-order valence-corrected chi connectivity index (χ3v) is 0.500. The van der Waals surface area contributed by atoms with Crippen LogP contribution in [0.4, 0.5) is 0 Å². The SMILES string of the molecule is CCNCC.CN(C)C. The quantitative estimate of drug-likeness (QED) is 0.597. The molecule has 0 fully saturated rings. The molecule has 0 aromatic heterocycles. The van der Waals surface area contributed by atoms with Gasteiger partial charge in [-0.25, -0.2) is 0 Å². The third-order valence-electron chi connectivity index (χ3n) is 0.500. The van der Waals surface area contributed by atoms with Crippen molar-refractivity contribution in [3.05, 3.63) is 0 Å². The maximum atomic E-state index is 3.11. The Morgan fingerprint density at radius 2 is 1.22 bits per heavy atom. The summed E-state index contributed by atoms with van der Waals surface area (Å²) in [6.45, 7) is 6.39. The molecule has 0 aliphatic heterocycles. The van der Waals surface area contributed by atoms with Crippen LogP contribution in [0.25, 0.3) is 0 Å². The van der Waals surface area contributed by atoms with Crippen LogP contribution in [0, 0.1) is 0 Å². The molecule has 2 nitrogen and oxygen atoms in total. The monoisotopic (exact) mass is 132 g/mol. The van der Waals surface area contributed by atoms with Crippen LogP contribution < -0.4 is 5.32 Å². The van der Waals surface area contributed by atoms with Gasteiger partial charge in [0.2, 0.25) is 0 Å². The van der Waals surface area contributed by atoms with Gasteiger partial charge in [0, 0.05) is 0 Å². The summed E-state index contributed by atoms with van der Waals surface area (Å²) >= 11 is 0. The maximum Gasteiger partial charge on any atom is -0.00775 e. The molecular formula is C7H20N2. The van der Waals surface area contributed by atoms with E-state index < -0.39 is 0 Å². The second-order valence-electron chi connectivity index (χ2n) is 2.30. The lowest BCUT2D eigenvalue weighted by atomic mass is 10.7. The lowest BCUT2D eigenvalue weighted by Gasteiger charge is -1.90. The van der Waals surface area contributed by atoms with E-state index in [9.17, 15) is 0 Å². The summed E-state index contributed by atoms with van der Waals surface area (Å²) in [6.07, 6.45) is 0. The topological polar surface area (TPSA) is 15.3 Å². The van der Waals surface area contributed by atoms with E-state index in [0.717, 1.165) is 13.1 Å². The minimum Gasteiger partial charge on any atom is -0.317 e. The molecule has 0 rings (SSSR count). The van der Waals surface area contributed by atoms with E-state index in [1.807, 2.05) is 26.0 Å². The van der Waals surface area contributed by atoms with Gasteiger partial charge in [-0.05, 0) is 34.2 Å². The van der Waals surface area contributed by atoms with Crippen molar-refractivity contribution >= 4 is 0 Å². The molecule has 0 aromatic rings. The van der Waals surface area contributed by atoms with Gasteiger partial charge in [0.15, 0.2) is 0 Å². The molecule has 0 radical (unpaired) electrons. The molecule has 0 saturated carbocycles. The van der Waals surface area contributed by atoms with Gasteiger partial charge in [0.05, 0.1) is 0 Å². The zero-order valence-electron chi connectivity index (χ0n) is 7.36. The summed E-state index contributed by atoms with van der Waals surface area (Å²) in [5.41, 5.74) is 0. The smallest absolute Gasteiger partial charge is 0.00775 e. The van der Waals surface area contributed by atoms with Crippen molar-refractivity contribution in [2.24, 2.45) is 0 Å². The lowest BCUT2D eigenvalue weighted by molar-refractivity contribution is 0.505. The van der Waals surface area contributed by atoms with Crippen molar-refractivity contribution in [1.29, 1.82) is 0 Å². The number of hydrogen-bond acceptors (Lipinski definition) is 2. The maximum absolute atomic E-state index is 3.11. The molecule has 0 atom stereocenters. The Morgan fingerprint density at radius 1 is 1.00 bits per heavy atom. The van der Waals surface area contributed by atoms with Gasteiger partial charge in [-0.15, -0.1) is 0 Å². The summed E-state index contributed by atoms with van der Waals surface area (Å²) in [6, 6.07) is 0. The molecule has 0 aromatic carbocycles. The Kier molecular flexibility index (Phi) is 14.0. The number of hydrogen-bond donors (Lipinski definition) is 1. The zero-order chi connectivity index (χ0) is 7.70. The summed E-state index contributed by atoms with van der Waals surface area (Å²) in [7, 11) is 6.00. The fourth-order valence-electron chi connectivity index (χ4n) is 0.250. The van der Waals surface area contributed by atoms with Crippen LogP contribution in [0.15, 0.2) is 0 Å². The van der Waals surface area contributed by atoms with E-state index >= 15 is 0 Å². The molecule has 0 spiro atoms. The standard InChI is InChI=1S/C4H11N.C3H9N/c1-3-5-4-2;1-4(2)3/h5H,3-4H2,1-2H3;1-3H3. The molecule has 2 heteroatoms. The number of nitrogens with zero attached hydrogens (tertiary/aromatic N) is 1. The van der Waals surface area contributed by atoms with Gasteiger partial charge < -0.3 is 10.2 Å². The van der Waals surface area contributed by atoms with Gasteiger partial charge >= 0.3 is 0 Å². The van der Waals surface area contributed by atoms with Crippen LogP contribution in [0.1, 0.15) is 13.8 Å². The predicted molar refractivity (Wildman–Crippen MR) is 43.8 cm³/mol. The zero-order valence-corrected chi connectivity index (χ0v) is 7.36. The van der Waals surface area contributed by atoms with E-state index in [2.05, 4.69) is 19.2 Å². The molecule has 0 unspecified atom stereocenters. The Balaban J connectivity index is 0. The fraction of sp³-hybridized carbons (Fsp3) is 1.00. The predicted octanol–water partition coefficient (Wildman–Crippen LogP) is 0.794. The Morgan fingerprint density at radius 3 is 1.22 bits per heavy atom. The van der Waals surface area contributed by atoms with Crippen LogP contribution in [0.3, 0.4) is 0 Å². The third kappa shape index (κ3) is 75.3. The highest BCUT2D eigenvalue weighted by Crippen LogP contribution is 1.48. The molecule has 0 aliphatic carbocycles. The average Bonchev–Trinajstić information content (AvgIpc) is 1.66. The van der Waals surface area contributed by atoms with Gasteiger partial charge in [-0.1, -0.05) is 13.8 Å². The summed E-state index contributed by atoms with van der Waals surface area (Å²) in [5, 5.41) is 3.11. The van der Waals surface area contributed by atoms with Crippen LogP contribution in [-0.4, -0.2) is 39.1 Å². The van der Waals surface area contributed by atoms with Crippen molar-refractivity contribution in [2.75, 3.05) is 34.2 Å². The first kappa shape index (κ1) is 11.7. The highest BCUT2D eigenvalue weighted by Gasteiger charge is 1.62. The molecule has 0 heterocycles. The Labute approximate surface area is 59.2 Å². The van der Waals surface area contributed by atoms with Gasteiger partial charge in [0.1, 0.15) is 0 Å². The minimum atomic E-state index is 1.09. The lowest BCUT2D eigenvalue weighted by Crippen LogP contribution is -2.09. The van der Waals surface area contributed by atoms with Gasteiger partial charge in [0.25, 0.3) is 0 Å². The number of rotatable bonds is 2. The molecule has 0 aliphatic rings. The van der Waals surface area contributed by atoms with E-state index in [-0.39, 0.29) is 0 Å². The molecule has 0 amide bonds. The summed E-state index contributed by atoms with van der Waals surface area (Å²) in [4.78, 5) is 2.00. The molecule has 9 heavy (non-hydrogen) atoms. The van der Waals surface area contributed by atoms with E-state index in [1.54, 1.807) is 0 Å². The van der Waals surface area contributed by atoms with Crippen molar-refractivity contribution in [3.8, 4) is 0 Å². The molecule has 0 saturated heterocycles. The van der Waals surface area contributed by atoms with Crippen molar-refractivity contribution in [2.45, 2.75) is 13.8 Å². The first-order chi connectivity index (χ1) is 4.15. The molecule has 0 bridgehead atoms. The van der Waals surface area contributed by atoms with E-state index in [4.69, 9.17) is 0 Å². The second-order valence-corrected chi connectivity index (χ2v) is 2.30. The molecule has 58 valence electrons. The fourth-order valence-corrected chi connectivity index (χ4v) is 0.250. The van der Waals surface area contributed by atoms with E-state index in [1.165, 1.54) is 0 Å². The van der Waals surface area contributed by atoms with Crippen molar-refractivity contribution < 1.29 is 0 Å². The van der Waals surface area contributed by atoms with Crippen molar-refractivity contribution in [3.63, 3.8) is 0 Å². The first-order valence-corrected chi connectivity index (χ1v) is 3.46. The molecular weight excluding hydrogens is 112 g/mol. The normalized spacial score (nSPS) is 8.67. The number of nitrogens with one attached hydrogen (secondary N) is 1. The largest absolute Gasteiger partial charge is 0.317 e. The summed E-state index contributed by atoms with van der Waals surface area (Å²) in [5.74, 6) is 0.